The summed E-state index contributed by atoms with van der Waals surface area (Å²) in [5, 5.41) is 10.6. The molecule has 0 amide bonds. The van der Waals surface area contributed by atoms with Gasteiger partial charge in [0.05, 0.1) is 26.4 Å². The maximum Gasteiger partial charge on any atom is 0.472 e. The second-order valence-electron chi connectivity index (χ2n) is 26.2. The molecule has 19 heteroatoms. The normalized spacial score (nSPS) is 14.8. The lowest BCUT2D eigenvalue weighted by Crippen LogP contribution is -2.30. The van der Waals surface area contributed by atoms with E-state index >= 15 is 0 Å². The summed E-state index contributed by atoms with van der Waals surface area (Å²) in [7, 11) is -10.0. The van der Waals surface area contributed by atoms with E-state index in [1.807, 2.05) is 30.4 Å². The number of phosphoric acid groups is 2. The van der Waals surface area contributed by atoms with Gasteiger partial charge in [-0.15, -0.1) is 0 Å². The van der Waals surface area contributed by atoms with Crippen LogP contribution in [0.1, 0.15) is 285 Å². The minimum atomic E-state index is -5.01. The number of carbonyl (C=O) groups is 4. The third-order valence-electron chi connectivity index (χ3n) is 16.0. The largest absolute Gasteiger partial charge is 0.472 e. The van der Waals surface area contributed by atoms with Crippen LogP contribution in [0.4, 0.5) is 0 Å². The summed E-state index contributed by atoms with van der Waals surface area (Å²) >= 11 is 0. The van der Waals surface area contributed by atoms with Gasteiger partial charge in [0.15, 0.2) is 12.2 Å². The fraction of sp³-hybridized carbons (Fsp3) is 0.596. The van der Waals surface area contributed by atoms with Crippen molar-refractivity contribution in [1.82, 2.24) is 0 Å². The van der Waals surface area contributed by atoms with Crippen LogP contribution in [0.3, 0.4) is 0 Å². The number of ether oxygens (including phenoxy) is 4. The van der Waals surface area contributed by atoms with Crippen LogP contribution in [0.2, 0.25) is 0 Å². The highest BCUT2D eigenvalue weighted by molar-refractivity contribution is 7.47. The molecule has 0 aromatic carbocycles. The van der Waals surface area contributed by atoms with Gasteiger partial charge in [-0.3, -0.25) is 37.3 Å². The smallest absolute Gasteiger partial charge is 0.462 e. The van der Waals surface area contributed by atoms with Gasteiger partial charge in [0.25, 0.3) is 0 Å². The Labute approximate surface area is 653 Å². The maximum atomic E-state index is 13.1. The molecule has 3 N–H and O–H groups in total. The fourth-order valence-electron chi connectivity index (χ4n) is 9.91. The highest BCUT2D eigenvalue weighted by atomic mass is 31.2. The van der Waals surface area contributed by atoms with E-state index in [1.54, 1.807) is 0 Å². The molecule has 0 saturated heterocycles. The Kier molecular flexibility index (Phi) is 74.5. The summed E-state index contributed by atoms with van der Waals surface area (Å²) in [5.41, 5.74) is 0. The molecule has 0 heterocycles. The minimum absolute atomic E-state index is 0.00414. The monoisotopic (exact) mass is 1540 g/mol. The molecule has 0 bridgehead atoms. The van der Waals surface area contributed by atoms with Gasteiger partial charge >= 0.3 is 39.5 Å². The molecule has 0 aliphatic carbocycles. The van der Waals surface area contributed by atoms with Crippen LogP contribution in [0.25, 0.3) is 0 Å². The van der Waals surface area contributed by atoms with Crippen molar-refractivity contribution >= 4 is 39.5 Å². The standard InChI is InChI=1S/C89H142O17P2/c1-5-9-13-17-21-25-29-33-36-39-41-44-46-50-53-57-61-65-69-73-86(91)99-79-84(105-88(93)75-71-67-63-59-55-49-32-28-24-20-16-12-8-4)81-103-107(95,96)101-77-83(90)78-102-108(97,98)104-82-85(106-89(94)76-72-68-64-60-56-52-48-43-38-35-31-27-23-19-15-11-7-3)80-100-87(92)74-70-66-62-58-54-51-47-45-42-40-37-34-30-26-22-18-14-10-6-2/h9,11,13,15-16,20-23,25-28,32-38,41-42,44-45,48,50,52-53,60-61,64-65,83-85,90H,5-8,10,12,14,17-19,24,29-31,39-40,43,46-47,49,51,54-59,62-63,66-82H2,1-4H3,(H,95,96)(H,97,98)/b13-9-,15-11-,20-16-,25-21-,26-22-,27-23-,32-28-,36-33-,37-34-,38-35-,44-41-,45-42-,52-48-,53-50-,64-60-,65-61-. The Morgan fingerprint density at radius 2 is 0.528 bits per heavy atom. The number of unbranched alkanes of at least 4 members (excludes halogenated alkanes) is 16. The number of aliphatic hydroxyl groups excluding tert-OH is 1. The van der Waals surface area contributed by atoms with Gasteiger partial charge in [-0.25, -0.2) is 9.13 Å². The van der Waals surface area contributed by atoms with E-state index in [2.05, 4.69) is 192 Å². The number of carbonyl (C=O) groups excluding carboxylic acids is 4. The SMILES string of the molecule is CC/C=C\C/C=C\C/C=C\C/C=C\C/C=C\C/C=C\CCC(=O)OCC(COP(=O)(O)OCC(O)COP(=O)(O)OCC(COC(=O)CCCCCCCC/C=C\C/C=C\C/C=C\CCCCC)OC(=O)CCC/C=C\C/C=C\C/C=C\C/C=C\C/C=C\CC)OC(=O)CCCCCCC/C=C\C/C=C\CCC. The highest BCUT2D eigenvalue weighted by Gasteiger charge is 2.30. The predicted octanol–water partition coefficient (Wildman–Crippen LogP) is 24.1. The molecule has 610 valence electrons. The number of rotatable bonds is 74. The maximum absolute atomic E-state index is 13.1. The molecule has 17 nitrogen and oxygen atoms in total. The van der Waals surface area contributed by atoms with Crippen molar-refractivity contribution in [2.75, 3.05) is 39.6 Å². The van der Waals surface area contributed by atoms with Gasteiger partial charge in [0.1, 0.15) is 19.3 Å². The average molecular weight is 1550 g/mol. The first-order valence-electron chi connectivity index (χ1n) is 40.7. The molecule has 0 aromatic heterocycles. The van der Waals surface area contributed by atoms with Gasteiger partial charge in [-0.1, -0.05) is 286 Å². The summed E-state index contributed by atoms with van der Waals surface area (Å²) in [6.45, 7) is 4.35. The van der Waals surface area contributed by atoms with E-state index in [4.69, 9.17) is 37.0 Å². The molecule has 0 aliphatic rings. The van der Waals surface area contributed by atoms with Crippen LogP contribution in [0.5, 0.6) is 0 Å². The van der Waals surface area contributed by atoms with Gasteiger partial charge in [0, 0.05) is 25.7 Å². The number of hydrogen-bond acceptors (Lipinski definition) is 15. The van der Waals surface area contributed by atoms with Crippen LogP contribution in [-0.4, -0.2) is 96.7 Å². The Morgan fingerprint density at radius 1 is 0.269 bits per heavy atom. The van der Waals surface area contributed by atoms with Crippen molar-refractivity contribution in [3.05, 3.63) is 194 Å². The third kappa shape index (κ3) is 78.0. The second-order valence-corrected chi connectivity index (χ2v) is 29.1. The van der Waals surface area contributed by atoms with E-state index < -0.39 is 97.5 Å². The summed E-state index contributed by atoms with van der Waals surface area (Å²) in [4.78, 5) is 73.1. The molecule has 0 radical (unpaired) electrons. The Bertz CT molecular complexity index is 2810. The summed E-state index contributed by atoms with van der Waals surface area (Å²) in [6.07, 6.45) is 97.2. The summed E-state index contributed by atoms with van der Waals surface area (Å²) in [5.74, 6) is -2.39. The van der Waals surface area contributed by atoms with Gasteiger partial charge in [-0.2, -0.15) is 0 Å². The first-order chi connectivity index (χ1) is 52.7. The average Bonchev–Trinajstić information content (AvgIpc) is 0.916. The van der Waals surface area contributed by atoms with E-state index in [1.165, 1.54) is 19.3 Å². The van der Waals surface area contributed by atoms with Crippen molar-refractivity contribution in [2.45, 2.75) is 303 Å². The minimum Gasteiger partial charge on any atom is -0.462 e. The van der Waals surface area contributed by atoms with Crippen LogP contribution >= 0.6 is 15.6 Å². The zero-order chi connectivity index (χ0) is 78.9. The third-order valence-corrected chi connectivity index (χ3v) is 17.9. The lowest BCUT2D eigenvalue weighted by atomic mass is 10.1. The van der Waals surface area contributed by atoms with Crippen LogP contribution in [-0.2, 0) is 65.4 Å². The van der Waals surface area contributed by atoms with Crippen molar-refractivity contribution in [1.29, 1.82) is 0 Å². The Balaban J connectivity index is 5.51. The molecule has 108 heavy (non-hydrogen) atoms. The van der Waals surface area contributed by atoms with E-state index in [-0.39, 0.29) is 25.7 Å². The van der Waals surface area contributed by atoms with Gasteiger partial charge in [0.2, 0.25) is 0 Å². The molecule has 0 fully saturated rings. The molecule has 5 unspecified atom stereocenters. The van der Waals surface area contributed by atoms with Crippen molar-refractivity contribution < 1.29 is 80.2 Å². The molecule has 5 atom stereocenters. The van der Waals surface area contributed by atoms with Gasteiger partial charge < -0.3 is 33.8 Å². The number of allylic oxidation sites excluding steroid dienone is 32. The first kappa shape index (κ1) is 102. The van der Waals surface area contributed by atoms with Crippen molar-refractivity contribution in [2.24, 2.45) is 0 Å². The molecule has 0 aromatic rings. The topological polar surface area (TPSA) is 237 Å². The summed E-state index contributed by atoms with van der Waals surface area (Å²) < 4.78 is 68.5. The molecule has 0 rings (SSSR count). The zero-order valence-corrected chi connectivity index (χ0v) is 68.5. The number of aliphatic hydroxyl groups is 1. The highest BCUT2D eigenvalue weighted by Crippen LogP contribution is 2.45. The van der Waals surface area contributed by atoms with E-state index in [9.17, 15) is 43.2 Å². The number of esters is 4. The van der Waals surface area contributed by atoms with Crippen LogP contribution in [0.15, 0.2) is 194 Å². The van der Waals surface area contributed by atoms with Crippen molar-refractivity contribution in [3.63, 3.8) is 0 Å². The quantitative estimate of drug-likeness (QED) is 0.0169. The fourth-order valence-corrected chi connectivity index (χ4v) is 11.5. The Hall–Kier alpha value is -6.10. The van der Waals surface area contributed by atoms with Crippen LogP contribution in [0, 0.1) is 0 Å². The zero-order valence-electron chi connectivity index (χ0n) is 66.7. The number of hydrogen-bond donors (Lipinski definition) is 3. The van der Waals surface area contributed by atoms with E-state index in [0.29, 0.717) is 38.5 Å². The number of phosphoric ester groups is 2. The van der Waals surface area contributed by atoms with Gasteiger partial charge in [-0.05, 0) is 167 Å². The second kappa shape index (κ2) is 79.0. The Morgan fingerprint density at radius 3 is 0.870 bits per heavy atom. The van der Waals surface area contributed by atoms with Crippen molar-refractivity contribution in [3.8, 4) is 0 Å². The van der Waals surface area contributed by atoms with Crippen LogP contribution < -0.4 is 0 Å². The van der Waals surface area contributed by atoms with E-state index in [0.717, 1.165) is 173 Å². The molecular weight excluding hydrogens is 1400 g/mol. The molecule has 0 saturated carbocycles. The predicted molar refractivity (Wildman–Crippen MR) is 445 cm³/mol. The molecule has 0 spiro atoms. The molecule has 0 aliphatic heterocycles. The molecular formula is C89H142O17P2. The lowest BCUT2D eigenvalue weighted by molar-refractivity contribution is -0.161. The summed E-state index contributed by atoms with van der Waals surface area (Å²) in [6, 6.07) is 0. The lowest BCUT2D eigenvalue weighted by Gasteiger charge is -2.21. The first-order valence-corrected chi connectivity index (χ1v) is 43.7.